The molecule has 0 spiro atoms. The van der Waals surface area contributed by atoms with Gasteiger partial charge in [-0.25, -0.2) is 18.0 Å². The first-order valence-corrected chi connectivity index (χ1v) is 11.9. The molecular formula is C20H22O10S2. The summed E-state index contributed by atoms with van der Waals surface area (Å²) in [6.07, 6.45) is -4.61. The van der Waals surface area contributed by atoms with Crippen molar-refractivity contribution in [3.05, 3.63) is 59.7 Å². The van der Waals surface area contributed by atoms with E-state index in [2.05, 4.69) is 9.47 Å². The van der Waals surface area contributed by atoms with Crippen LogP contribution < -0.4 is 0 Å². The van der Waals surface area contributed by atoms with Crippen LogP contribution in [-0.4, -0.2) is 55.2 Å². The van der Waals surface area contributed by atoms with Crippen LogP contribution in [0.3, 0.4) is 0 Å². The average molecular weight is 487 g/mol. The summed E-state index contributed by atoms with van der Waals surface area (Å²) in [5.74, 6) is -2.73. The summed E-state index contributed by atoms with van der Waals surface area (Å²) in [5, 5.41) is 0. The van der Waals surface area contributed by atoms with Gasteiger partial charge in [-0.3, -0.25) is 0 Å². The molecule has 0 radical (unpaired) electrons. The van der Waals surface area contributed by atoms with Crippen molar-refractivity contribution in [3.63, 3.8) is 0 Å². The SMILES string of the molecule is COC(=O)[C@@H](OS(=O)(=O)c1ccc(C)cc1)[C@@H](OS(=O)(=O)c1ccc(C)cc1)C(=O)OC. The van der Waals surface area contributed by atoms with Crippen molar-refractivity contribution in [2.75, 3.05) is 14.2 Å². The fourth-order valence-electron chi connectivity index (χ4n) is 2.45. The lowest BCUT2D eigenvalue weighted by Crippen LogP contribution is -2.46. The summed E-state index contributed by atoms with van der Waals surface area (Å²) in [7, 11) is -7.45. The van der Waals surface area contributed by atoms with E-state index in [0.29, 0.717) is 0 Å². The van der Waals surface area contributed by atoms with Crippen LogP contribution in [0.25, 0.3) is 0 Å². The normalized spacial score (nSPS) is 13.8. The summed E-state index contributed by atoms with van der Waals surface area (Å²) >= 11 is 0. The lowest BCUT2D eigenvalue weighted by Gasteiger charge is -2.22. The number of hydrogen-bond donors (Lipinski definition) is 0. The van der Waals surface area contributed by atoms with Gasteiger partial charge >= 0.3 is 11.9 Å². The van der Waals surface area contributed by atoms with Crippen molar-refractivity contribution < 1.29 is 44.3 Å². The number of benzene rings is 2. The Labute approximate surface area is 186 Å². The first kappa shape index (κ1) is 25.5. The molecule has 174 valence electrons. The zero-order chi connectivity index (χ0) is 24.1. The fourth-order valence-corrected chi connectivity index (χ4v) is 4.52. The minimum atomic E-state index is -4.63. The zero-order valence-corrected chi connectivity index (χ0v) is 19.3. The highest BCUT2D eigenvalue weighted by molar-refractivity contribution is 7.87. The van der Waals surface area contributed by atoms with Crippen LogP contribution in [0.2, 0.25) is 0 Å². The van der Waals surface area contributed by atoms with Crippen molar-refractivity contribution in [1.29, 1.82) is 0 Å². The predicted octanol–water partition coefficient (Wildman–Crippen LogP) is 1.50. The number of aryl methyl sites for hydroxylation is 2. The molecule has 0 fully saturated rings. The number of methoxy groups -OCH3 is 2. The molecule has 0 saturated heterocycles. The maximum Gasteiger partial charge on any atom is 0.340 e. The summed E-state index contributed by atoms with van der Waals surface area (Å²) < 4.78 is 69.5. The quantitative estimate of drug-likeness (QED) is 0.378. The highest BCUT2D eigenvalue weighted by atomic mass is 32.2. The predicted molar refractivity (Wildman–Crippen MR) is 111 cm³/mol. The van der Waals surface area contributed by atoms with E-state index < -0.39 is 44.4 Å². The Morgan fingerprint density at radius 2 is 0.906 bits per heavy atom. The molecule has 0 aliphatic rings. The molecule has 0 aliphatic heterocycles. The van der Waals surface area contributed by atoms with Crippen LogP contribution in [-0.2, 0) is 47.7 Å². The van der Waals surface area contributed by atoms with Gasteiger partial charge in [-0.1, -0.05) is 35.4 Å². The molecule has 0 bridgehead atoms. The third-order valence-corrected chi connectivity index (χ3v) is 6.84. The summed E-state index contributed by atoms with van der Waals surface area (Å²) in [4.78, 5) is 24.0. The van der Waals surface area contributed by atoms with E-state index >= 15 is 0 Å². The van der Waals surface area contributed by atoms with E-state index in [-0.39, 0.29) is 9.79 Å². The Hall–Kier alpha value is -2.80. The molecule has 2 atom stereocenters. The molecule has 0 heterocycles. The number of rotatable bonds is 9. The molecule has 0 N–H and O–H groups in total. The minimum Gasteiger partial charge on any atom is -0.467 e. The highest BCUT2D eigenvalue weighted by Crippen LogP contribution is 2.23. The topological polar surface area (TPSA) is 139 Å². The van der Waals surface area contributed by atoms with Crippen LogP contribution in [0.1, 0.15) is 11.1 Å². The number of ether oxygens (including phenoxy) is 2. The maximum absolute atomic E-state index is 12.7. The van der Waals surface area contributed by atoms with E-state index in [0.717, 1.165) is 25.3 Å². The van der Waals surface area contributed by atoms with E-state index in [1.807, 2.05) is 0 Å². The second kappa shape index (κ2) is 10.2. The lowest BCUT2D eigenvalue weighted by atomic mass is 10.2. The molecule has 32 heavy (non-hydrogen) atoms. The van der Waals surface area contributed by atoms with Crippen molar-refractivity contribution in [3.8, 4) is 0 Å². The van der Waals surface area contributed by atoms with Crippen LogP contribution in [0, 0.1) is 13.8 Å². The van der Waals surface area contributed by atoms with Gasteiger partial charge in [0.15, 0.2) is 0 Å². The van der Waals surface area contributed by atoms with Gasteiger partial charge < -0.3 is 9.47 Å². The van der Waals surface area contributed by atoms with Gasteiger partial charge in [-0.2, -0.15) is 16.8 Å². The second-order valence-electron chi connectivity index (χ2n) is 6.61. The van der Waals surface area contributed by atoms with Gasteiger partial charge in [-0.15, -0.1) is 0 Å². The average Bonchev–Trinajstić information content (AvgIpc) is 2.75. The van der Waals surface area contributed by atoms with Gasteiger partial charge in [0.05, 0.1) is 24.0 Å². The first-order chi connectivity index (χ1) is 14.9. The Kier molecular flexibility index (Phi) is 8.13. The number of carbonyl (C=O) groups excluding carboxylic acids is 2. The zero-order valence-electron chi connectivity index (χ0n) is 17.7. The lowest BCUT2D eigenvalue weighted by molar-refractivity contribution is -0.165. The second-order valence-corrected chi connectivity index (χ2v) is 9.76. The maximum atomic E-state index is 12.7. The molecule has 2 aromatic carbocycles. The number of carbonyl (C=O) groups is 2. The molecule has 0 aromatic heterocycles. The van der Waals surface area contributed by atoms with Crippen molar-refractivity contribution >= 4 is 32.2 Å². The van der Waals surface area contributed by atoms with Crippen LogP contribution in [0.4, 0.5) is 0 Å². The van der Waals surface area contributed by atoms with Crippen molar-refractivity contribution in [2.45, 2.75) is 35.8 Å². The third-order valence-electron chi connectivity index (χ3n) is 4.22. The molecule has 2 rings (SSSR count). The van der Waals surface area contributed by atoms with Gasteiger partial charge in [0.25, 0.3) is 20.2 Å². The van der Waals surface area contributed by atoms with Gasteiger partial charge in [0.1, 0.15) is 0 Å². The standard InChI is InChI=1S/C20H22O10S2/c1-13-5-9-15(10-6-13)31(23,24)29-17(19(21)27-3)18(20(22)28-4)30-32(25,26)16-11-7-14(2)8-12-16/h5-12,17-18H,1-4H3/t17-,18+. The summed E-state index contributed by atoms with van der Waals surface area (Å²) in [6.45, 7) is 3.46. The molecule has 0 amide bonds. The molecule has 0 aliphatic carbocycles. The summed E-state index contributed by atoms with van der Waals surface area (Å²) in [6, 6.07) is 10.8. The van der Waals surface area contributed by atoms with E-state index in [1.165, 1.54) is 48.5 Å². The summed E-state index contributed by atoms with van der Waals surface area (Å²) in [5.41, 5.74) is 1.52. The van der Waals surface area contributed by atoms with E-state index in [1.54, 1.807) is 13.8 Å². The number of hydrogen-bond acceptors (Lipinski definition) is 10. The highest BCUT2D eigenvalue weighted by Gasteiger charge is 2.44. The Bertz CT molecular complexity index is 1070. The molecule has 12 heteroatoms. The van der Waals surface area contributed by atoms with Crippen LogP contribution >= 0.6 is 0 Å². The fraction of sp³-hybridized carbons (Fsp3) is 0.300. The van der Waals surface area contributed by atoms with Gasteiger partial charge in [0.2, 0.25) is 12.2 Å². The number of esters is 2. The Morgan fingerprint density at radius 1 is 0.625 bits per heavy atom. The van der Waals surface area contributed by atoms with Crippen LogP contribution in [0.15, 0.2) is 58.3 Å². The molecule has 0 saturated carbocycles. The smallest absolute Gasteiger partial charge is 0.340 e. The third kappa shape index (κ3) is 6.13. The van der Waals surface area contributed by atoms with Gasteiger partial charge in [-0.05, 0) is 38.1 Å². The van der Waals surface area contributed by atoms with Crippen molar-refractivity contribution in [1.82, 2.24) is 0 Å². The Morgan fingerprint density at radius 3 is 1.16 bits per heavy atom. The van der Waals surface area contributed by atoms with Crippen molar-refractivity contribution in [2.24, 2.45) is 0 Å². The molecular weight excluding hydrogens is 464 g/mol. The van der Waals surface area contributed by atoms with E-state index in [4.69, 9.17) is 8.37 Å². The first-order valence-electron chi connectivity index (χ1n) is 9.07. The Balaban J connectivity index is 2.47. The largest absolute Gasteiger partial charge is 0.467 e. The van der Waals surface area contributed by atoms with Crippen LogP contribution in [0.5, 0.6) is 0 Å². The molecule has 0 unspecified atom stereocenters. The molecule has 2 aromatic rings. The minimum absolute atomic E-state index is 0.331. The monoisotopic (exact) mass is 486 g/mol. The van der Waals surface area contributed by atoms with Gasteiger partial charge in [0, 0.05) is 0 Å². The molecule has 10 nitrogen and oxygen atoms in total. The van der Waals surface area contributed by atoms with E-state index in [9.17, 15) is 26.4 Å².